The van der Waals surface area contributed by atoms with Crippen LogP contribution >= 0.6 is 0 Å². The van der Waals surface area contributed by atoms with Crippen LogP contribution in [0.5, 0.6) is 0 Å². The number of halogens is 1. The molecule has 1 atom stereocenters. The van der Waals surface area contributed by atoms with Gasteiger partial charge in [-0.25, -0.2) is 4.39 Å². The van der Waals surface area contributed by atoms with Gasteiger partial charge in [-0.15, -0.1) is 0 Å². The van der Waals surface area contributed by atoms with Gasteiger partial charge in [-0.3, -0.25) is 4.79 Å². The summed E-state index contributed by atoms with van der Waals surface area (Å²) in [4.78, 5) is 14.3. The zero-order chi connectivity index (χ0) is 13.8. The molecule has 1 aliphatic rings. The molecule has 3 nitrogen and oxygen atoms in total. The molecule has 0 bridgehead atoms. The van der Waals surface area contributed by atoms with Gasteiger partial charge in [0.15, 0.2) is 0 Å². The monoisotopic (exact) mass is 264 g/mol. The van der Waals surface area contributed by atoms with Gasteiger partial charge in [-0.05, 0) is 44.5 Å². The Kier molecular flexibility index (Phi) is 4.53. The molecule has 1 fully saturated rings. The number of nitrogens with zero attached hydrogens (tertiary/aromatic N) is 1. The molecule has 1 amide bonds. The van der Waals surface area contributed by atoms with Gasteiger partial charge in [0.05, 0.1) is 5.56 Å². The first-order chi connectivity index (χ1) is 9.10. The van der Waals surface area contributed by atoms with Gasteiger partial charge < -0.3 is 10.2 Å². The average molecular weight is 264 g/mol. The summed E-state index contributed by atoms with van der Waals surface area (Å²) < 4.78 is 13.6. The number of amides is 1. The molecule has 1 aromatic rings. The predicted octanol–water partition coefficient (Wildman–Crippen LogP) is 2.21. The van der Waals surface area contributed by atoms with Crippen molar-refractivity contribution in [2.75, 3.05) is 26.2 Å². The Morgan fingerprint density at radius 3 is 3.00 bits per heavy atom. The summed E-state index contributed by atoms with van der Waals surface area (Å²) in [6, 6.07) is 4.61. The molecule has 0 radical (unpaired) electrons. The van der Waals surface area contributed by atoms with Crippen LogP contribution in [0.15, 0.2) is 18.2 Å². The lowest BCUT2D eigenvalue weighted by Crippen LogP contribution is -2.31. The van der Waals surface area contributed by atoms with Crippen molar-refractivity contribution >= 4 is 5.91 Å². The third-order valence-electron chi connectivity index (χ3n) is 3.73. The van der Waals surface area contributed by atoms with E-state index in [-0.39, 0.29) is 11.5 Å². The van der Waals surface area contributed by atoms with E-state index in [0.717, 1.165) is 31.6 Å². The second kappa shape index (κ2) is 6.15. The number of hydrogen-bond acceptors (Lipinski definition) is 2. The highest BCUT2D eigenvalue weighted by atomic mass is 19.1. The SMILES string of the molecule is CCN1CCC(CNC(=O)c2cc(C)ccc2F)C1. The highest BCUT2D eigenvalue weighted by Gasteiger charge is 2.22. The Labute approximate surface area is 113 Å². The van der Waals surface area contributed by atoms with Crippen molar-refractivity contribution < 1.29 is 9.18 Å². The van der Waals surface area contributed by atoms with E-state index in [9.17, 15) is 9.18 Å². The Morgan fingerprint density at radius 1 is 1.53 bits per heavy atom. The Morgan fingerprint density at radius 2 is 2.32 bits per heavy atom. The minimum Gasteiger partial charge on any atom is -0.352 e. The van der Waals surface area contributed by atoms with Crippen molar-refractivity contribution in [2.45, 2.75) is 20.3 Å². The number of carbonyl (C=O) groups excluding carboxylic acids is 1. The maximum atomic E-state index is 13.6. The van der Waals surface area contributed by atoms with Crippen molar-refractivity contribution in [1.29, 1.82) is 0 Å². The van der Waals surface area contributed by atoms with Crippen LogP contribution in [0.4, 0.5) is 4.39 Å². The average Bonchev–Trinajstić information content (AvgIpc) is 2.87. The fraction of sp³-hybridized carbons (Fsp3) is 0.533. The number of carbonyl (C=O) groups is 1. The second-order valence-corrected chi connectivity index (χ2v) is 5.24. The van der Waals surface area contributed by atoms with Crippen LogP contribution < -0.4 is 5.32 Å². The molecule has 0 aromatic heterocycles. The molecular weight excluding hydrogens is 243 g/mol. The summed E-state index contributed by atoms with van der Waals surface area (Å²) in [5.74, 6) is -0.280. The van der Waals surface area contributed by atoms with Gasteiger partial charge in [0.25, 0.3) is 5.91 Å². The number of likely N-dealkylation sites (tertiary alicyclic amines) is 1. The molecule has 2 rings (SSSR count). The summed E-state index contributed by atoms with van der Waals surface area (Å²) in [5, 5.41) is 2.85. The first-order valence-corrected chi connectivity index (χ1v) is 6.87. The lowest BCUT2D eigenvalue weighted by atomic mass is 10.1. The van der Waals surface area contributed by atoms with E-state index in [1.165, 1.54) is 6.07 Å². The first-order valence-electron chi connectivity index (χ1n) is 6.87. The van der Waals surface area contributed by atoms with Crippen LogP contribution in [0.3, 0.4) is 0 Å². The van der Waals surface area contributed by atoms with Crippen molar-refractivity contribution in [2.24, 2.45) is 5.92 Å². The van der Waals surface area contributed by atoms with E-state index in [2.05, 4.69) is 17.1 Å². The zero-order valence-corrected chi connectivity index (χ0v) is 11.6. The Bertz CT molecular complexity index is 461. The van der Waals surface area contributed by atoms with Crippen molar-refractivity contribution in [1.82, 2.24) is 10.2 Å². The minimum absolute atomic E-state index is 0.144. The summed E-state index contributed by atoms with van der Waals surface area (Å²) in [6.07, 6.45) is 1.10. The third-order valence-corrected chi connectivity index (χ3v) is 3.73. The molecule has 4 heteroatoms. The molecular formula is C15H21FN2O. The largest absolute Gasteiger partial charge is 0.352 e. The van der Waals surface area contributed by atoms with Crippen molar-refractivity contribution in [3.63, 3.8) is 0 Å². The molecule has 1 aliphatic heterocycles. The van der Waals surface area contributed by atoms with Crippen LogP contribution in [0.25, 0.3) is 0 Å². The molecule has 0 saturated carbocycles. The van der Waals surface area contributed by atoms with Crippen LogP contribution in [-0.4, -0.2) is 37.0 Å². The zero-order valence-electron chi connectivity index (χ0n) is 11.6. The van der Waals surface area contributed by atoms with Gasteiger partial charge in [-0.1, -0.05) is 18.6 Å². The number of hydrogen-bond donors (Lipinski definition) is 1. The van der Waals surface area contributed by atoms with Crippen molar-refractivity contribution in [3.8, 4) is 0 Å². The molecule has 0 aliphatic carbocycles. The van der Waals surface area contributed by atoms with E-state index in [0.29, 0.717) is 12.5 Å². The predicted molar refractivity (Wildman–Crippen MR) is 73.7 cm³/mol. The van der Waals surface area contributed by atoms with Crippen LogP contribution in [-0.2, 0) is 0 Å². The van der Waals surface area contributed by atoms with E-state index in [1.807, 2.05) is 6.92 Å². The number of rotatable bonds is 4. The van der Waals surface area contributed by atoms with Gasteiger partial charge in [0, 0.05) is 13.1 Å². The van der Waals surface area contributed by atoms with Crippen LogP contribution in [0.2, 0.25) is 0 Å². The quantitative estimate of drug-likeness (QED) is 0.904. The fourth-order valence-corrected chi connectivity index (χ4v) is 2.51. The molecule has 0 spiro atoms. The summed E-state index contributed by atoms with van der Waals surface area (Å²) in [6.45, 7) is 7.79. The molecule has 1 heterocycles. The highest BCUT2D eigenvalue weighted by molar-refractivity contribution is 5.94. The van der Waals surface area contributed by atoms with Gasteiger partial charge >= 0.3 is 0 Å². The van der Waals surface area contributed by atoms with Crippen molar-refractivity contribution in [3.05, 3.63) is 35.1 Å². The molecule has 1 aromatic carbocycles. The van der Waals surface area contributed by atoms with E-state index < -0.39 is 5.82 Å². The number of nitrogens with one attached hydrogen (secondary N) is 1. The number of benzene rings is 1. The molecule has 19 heavy (non-hydrogen) atoms. The van der Waals surface area contributed by atoms with Gasteiger partial charge in [0.1, 0.15) is 5.82 Å². The normalized spacial score (nSPS) is 19.6. The molecule has 104 valence electrons. The molecule has 1 saturated heterocycles. The molecule has 1 N–H and O–H groups in total. The van der Waals surface area contributed by atoms with E-state index in [1.54, 1.807) is 12.1 Å². The Balaban J connectivity index is 1.89. The lowest BCUT2D eigenvalue weighted by molar-refractivity contribution is 0.0943. The highest BCUT2D eigenvalue weighted by Crippen LogP contribution is 2.15. The maximum Gasteiger partial charge on any atom is 0.254 e. The summed E-state index contributed by atoms with van der Waals surface area (Å²) >= 11 is 0. The Hall–Kier alpha value is -1.42. The second-order valence-electron chi connectivity index (χ2n) is 5.24. The van der Waals surface area contributed by atoms with Gasteiger partial charge in [-0.2, -0.15) is 0 Å². The summed E-state index contributed by atoms with van der Waals surface area (Å²) in [7, 11) is 0. The standard InChI is InChI=1S/C15H21FN2O/c1-3-18-7-6-12(10-18)9-17-15(19)13-8-11(2)4-5-14(13)16/h4-5,8,12H,3,6-7,9-10H2,1-2H3,(H,17,19). The lowest BCUT2D eigenvalue weighted by Gasteiger charge is -2.14. The smallest absolute Gasteiger partial charge is 0.254 e. The summed E-state index contributed by atoms with van der Waals surface area (Å²) in [5.41, 5.74) is 1.04. The maximum absolute atomic E-state index is 13.6. The van der Waals surface area contributed by atoms with E-state index >= 15 is 0 Å². The first kappa shape index (κ1) is 14.0. The topological polar surface area (TPSA) is 32.3 Å². The fourth-order valence-electron chi connectivity index (χ4n) is 2.51. The minimum atomic E-state index is -0.454. The van der Waals surface area contributed by atoms with Crippen LogP contribution in [0.1, 0.15) is 29.3 Å². The van der Waals surface area contributed by atoms with Crippen LogP contribution in [0, 0.1) is 18.7 Å². The van der Waals surface area contributed by atoms with E-state index in [4.69, 9.17) is 0 Å². The number of aryl methyl sites for hydroxylation is 1. The molecule has 1 unspecified atom stereocenters. The van der Waals surface area contributed by atoms with Gasteiger partial charge in [0.2, 0.25) is 0 Å². The third kappa shape index (κ3) is 3.53.